The van der Waals surface area contributed by atoms with E-state index in [1.807, 2.05) is 27.7 Å². The van der Waals surface area contributed by atoms with Gasteiger partial charge in [-0.25, -0.2) is 0 Å². The van der Waals surface area contributed by atoms with Gasteiger partial charge in [-0.15, -0.1) is 0 Å². The van der Waals surface area contributed by atoms with Crippen molar-refractivity contribution in [2.45, 2.75) is 78.5 Å². The number of phosphoric ester groups is 1. The lowest BCUT2D eigenvalue weighted by molar-refractivity contribution is -0.235. The first-order chi connectivity index (χ1) is 9.62. The molecule has 1 aliphatic heterocycles. The number of hydrogen-bond acceptors (Lipinski definition) is 6. The monoisotopic (exact) mass is 323 g/mol. The Morgan fingerprint density at radius 3 is 2.33 bits per heavy atom. The molecule has 0 amide bonds. The highest BCUT2D eigenvalue weighted by atomic mass is 31.2. The molecule has 1 rings (SSSR count). The van der Waals surface area contributed by atoms with E-state index in [9.17, 15) is 9.46 Å². The van der Waals surface area contributed by atoms with E-state index in [1.54, 1.807) is 13.8 Å². The second-order valence-electron chi connectivity index (χ2n) is 6.12. The van der Waals surface area contributed by atoms with Gasteiger partial charge >= 0.3 is 0 Å². The molecule has 1 saturated heterocycles. The van der Waals surface area contributed by atoms with Crippen LogP contribution in [0.1, 0.15) is 48.0 Å². The molecule has 7 heteroatoms. The summed E-state index contributed by atoms with van der Waals surface area (Å²) in [5, 5.41) is 0. The fraction of sp³-hybridized carbons (Fsp3) is 1.00. The van der Waals surface area contributed by atoms with Crippen molar-refractivity contribution < 1.29 is 28.0 Å². The molecule has 21 heavy (non-hydrogen) atoms. The fourth-order valence-corrected chi connectivity index (χ4v) is 3.52. The highest BCUT2D eigenvalue weighted by molar-refractivity contribution is 7.45. The van der Waals surface area contributed by atoms with Gasteiger partial charge in [-0.05, 0) is 41.0 Å². The Morgan fingerprint density at radius 2 is 1.81 bits per heavy atom. The minimum Gasteiger partial charge on any atom is -0.756 e. The number of rotatable bonds is 8. The first-order valence-corrected chi connectivity index (χ1v) is 9.03. The van der Waals surface area contributed by atoms with Gasteiger partial charge in [0.1, 0.15) is 0 Å². The van der Waals surface area contributed by atoms with E-state index in [2.05, 4.69) is 0 Å². The highest BCUT2D eigenvalue weighted by Crippen LogP contribution is 2.46. The molecule has 0 spiro atoms. The van der Waals surface area contributed by atoms with E-state index >= 15 is 0 Å². The number of hydrogen-bond donors (Lipinski definition) is 0. The maximum atomic E-state index is 11.9. The van der Waals surface area contributed by atoms with Crippen LogP contribution in [-0.2, 0) is 23.1 Å². The van der Waals surface area contributed by atoms with Gasteiger partial charge in [-0.1, -0.05) is 6.92 Å². The summed E-state index contributed by atoms with van der Waals surface area (Å²) in [6.45, 7) is 11.6. The standard InChI is InChI=1S/C14H29O6P/c1-9(2)17-8-7-13-14(11(5)12(6)18-13)20-21(15,16)19-10(3)4/h9-14H,7-8H2,1-6H3,(H,15,16)/p-1/t11-,12-,13+,14-/m0/s1. The Kier molecular flexibility index (Phi) is 7.31. The van der Waals surface area contributed by atoms with Crippen LogP contribution in [0.15, 0.2) is 0 Å². The van der Waals surface area contributed by atoms with E-state index in [1.165, 1.54) is 0 Å². The molecule has 1 unspecified atom stereocenters. The third-order valence-corrected chi connectivity index (χ3v) is 4.64. The molecule has 1 fully saturated rings. The molecule has 0 N–H and O–H groups in total. The normalized spacial score (nSPS) is 32.8. The summed E-state index contributed by atoms with van der Waals surface area (Å²) in [6.07, 6.45) is -0.594. The molecular weight excluding hydrogens is 295 g/mol. The Balaban J connectivity index is 2.63. The summed E-state index contributed by atoms with van der Waals surface area (Å²) in [5.74, 6) is -0.0212. The molecule has 1 aliphatic rings. The molecular formula is C14H28O6P-. The minimum atomic E-state index is -4.32. The van der Waals surface area contributed by atoms with E-state index in [4.69, 9.17) is 18.5 Å². The second-order valence-corrected chi connectivity index (χ2v) is 7.43. The summed E-state index contributed by atoms with van der Waals surface area (Å²) in [7, 11) is -4.32. The van der Waals surface area contributed by atoms with Crippen molar-refractivity contribution in [2.24, 2.45) is 5.92 Å². The van der Waals surface area contributed by atoms with Crippen molar-refractivity contribution in [2.75, 3.05) is 6.61 Å². The molecule has 0 bridgehead atoms. The van der Waals surface area contributed by atoms with Gasteiger partial charge in [-0.3, -0.25) is 4.57 Å². The van der Waals surface area contributed by atoms with E-state index in [-0.39, 0.29) is 24.2 Å². The Hall–Kier alpha value is 0.0300. The lowest BCUT2D eigenvalue weighted by Crippen LogP contribution is -2.32. The summed E-state index contributed by atoms with van der Waals surface area (Å²) < 4.78 is 33.3. The first kappa shape index (κ1) is 19.1. The number of ether oxygens (including phenoxy) is 2. The highest BCUT2D eigenvalue weighted by Gasteiger charge is 2.42. The number of phosphoric acid groups is 1. The first-order valence-electron chi connectivity index (χ1n) is 7.57. The molecule has 0 aliphatic carbocycles. The molecule has 126 valence electrons. The van der Waals surface area contributed by atoms with Crippen LogP contribution in [0.25, 0.3) is 0 Å². The smallest absolute Gasteiger partial charge is 0.268 e. The van der Waals surface area contributed by atoms with Gasteiger partial charge in [0.2, 0.25) is 0 Å². The van der Waals surface area contributed by atoms with Crippen LogP contribution < -0.4 is 4.89 Å². The summed E-state index contributed by atoms with van der Waals surface area (Å²) in [5.41, 5.74) is 0. The fourth-order valence-electron chi connectivity index (χ4n) is 2.33. The molecule has 0 aromatic rings. The predicted molar refractivity (Wildman–Crippen MR) is 77.9 cm³/mol. The van der Waals surface area contributed by atoms with Crippen molar-refractivity contribution in [3.05, 3.63) is 0 Å². The summed E-state index contributed by atoms with van der Waals surface area (Å²) in [6, 6.07) is 0. The zero-order chi connectivity index (χ0) is 16.2. The molecule has 5 atom stereocenters. The van der Waals surface area contributed by atoms with Gasteiger partial charge in [-0.2, -0.15) is 0 Å². The van der Waals surface area contributed by atoms with E-state index in [0.717, 1.165) is 0 Å². The largest absolute Gasteiger partial charge is 0.756 e. The Labute approximate surface area is 127 Å². The van der Waals surface area contributed by atoms with Crippen LogP contribution in [-0.4, -0.2) is 37.1 Å². The minimum absolute atomic E-state index is 0.0212. The third kappa shape index (κ3) is 6.35. The lowest BCUT2D eigenvalue weighted by atomic mass is 9.98. The molecule has 0 radical (unpaired) electrons. The van der Waals surface area contributed by atoms with Crippen LogP contribution in [0.2, 0.25) is 0 Å². The molecule has 0 aromatic heterocycles. The predicted octanol–water partition coefficient (Wildman–Crippen LogP) is 2.50. The van der Waals surface area contributed by atoms with Crippen molar-refractivity contribution in [3.8, 4) is 0 Å². The molecule has 0 saturated carbocycles. The van der Waals surface area contributed by atoms with Crippen molar-refractivity contribution in [1.82, 2.24) is 0 Å². The lowest BCUT2D eigenvalue weighted by Gasteiger charge is -2.31. The molecule has 0 aromatic carbocycles. The van der Waals surface area contributed by atoms with E-state index in [0.29, 0.717) is 13.0 Å². The van der Waals surface area contributed by atoms with Crippen LogP contribution in [0, 0.1) is 5.92 Å². The van der Waals surface area contributed by atoms with Crippen molar-refractivity contribution in [1.29, 1.82) is 0 Å². The zero-order valence-corrected chi connectivity index (χ0v) is 14.7. The van der Waals surface area contributed by atoms with Crippen LogP contribution in [0.4, 0.5) is 0 Å². The third-order valence-electron chi connectivity index (χ3n) is 3.46. The van der Waals surface area contributed by atoms with Crippen LogP contribution in [0.3, 0.4) is 0 Å². The van der Waals surface area contributed by atoms with Crippen molar-refractivity contribution >= 4 is 7.82 Å². The van der Waals surface area contributed by atoms with Gasteiger partial charge in [0.05, 0.1) is 30.5 Å². The van der Waals surface area contributed by atoms with E-state index < -0.39 is 20.0 Å². The zero-order valence-electron chi connectivity index (χ0n) is 13.8. The van der Waals surface area contributed by atoms with Gasteiger partial charge in [0, 0.05) is 12.5 Å². The maximum absolute atomic E-state index is 11.9. The van der Waals surface area contributed by atoms with Crippen molar-refractivity contribution in [3.63, 3.8) is 0 Å². The SMILES string of the molecule is CC(C)OCC[C@H]1O[C@@H](C)[C@H](C)[C@@H]1OP(=O)([O-])OC(C)C. The average molecular weight is 323 g/mol. The van der Waals surface area contributed by atoms with Gasteiger partial charge < -0.3 is 23.4 Å². The van der Waals surface area contributed by atoms with Crippen LogP contribution in [0.5, 0.6) is 0 Å². The second kappa shape index (κ2) is 8.04. The van der Waals surface area contributed by atoms with Crippen LogP contribution >= 0.6 is 7.82 Å². The molecule has 1 heterocycles. The Bertz CT molecular complexity index is 359. The average Bonchev–Trinajstić information content (AvgIpc) is 2.54. The summed E-state index contributed by atoms with van der Waals surface area (Å²) in [4.78, 5) is 11.9. The quantitative estimate of drug-likeness (QED) is 0.639. The Morgan fingerprint density at radius 1 is 1.19 bits per heavy atom. The molecule has 6 nitrogen and oxygen atoms in total. The maximum Gasteiger partial charge on any atom is 0.268 e. The topological polar surface area (TPSA) is 77.1 Å². The van der Waals surface area contributed by atoms with Gasteiger partial charge in [0.15, 0.2) is 0 Å². The van der Waals surface area contributed by atoms with Gasteiger partial charge in [0.25, 0.3) is 7.82 Å². The summed E-state index contributed by atoms with van der Waals surface area (Å²) >= 11 is 0.